The van der Waals surface area contributed by atoms with Crippen molar-refractivity contribution in [3.05, 3.63) is 47.9 Å². The molecule has 2 fully saturated rings. The summed E-state index contributed by atoms with van der Waals surface area (Å²) >= 11 is 0. The van der Waals surface area contributed by atoms with Gasteiger partial charge in [-0.3, -0.25) is 14.7 Å². The average molecular weight is 588 g/mol. The standard InChI is InChI=1S/C28H31F6N3O4/c1-26(25(39)40-2)10-3-11-37(26)24(38)21-6-4-19(14-22(21)29)23-7-5-20(15-35-23)41-16-18-8-12-36(13-9-18)17-27(30,31)28(32,33)34/h4-7,14-15,18H,3,8-13,16-17H2,1-2H3. The van der Waals surface area contributed by atoms with Gasteiger partial charge < -0.3 is 14.4 Å². The molecule has 2 aliphatic rings. The molecule has 2 saturated heterocycles. The van der Waals surface area contributed by atoms with Crippen molar-refractivity contribution in [3.8, 4) is 17.0 Å². The quantitative estimate of drug-likeness (QED) is 0.307. The Bertz CT molecular complexity index is 1250. The second-order valence-electron chi connectivity index (χ2n) is 10.6. The van der Waals surface area contributed by atoms with Crippen LogP contribution in [0, 0.1) is 11.7 Å². The van der Waals surface area contributed by atoms with Gasteiger partial charge in [-0.1, -0.05) is 6.07 Å². The van der Waals surface area contributed by atoms with Crippen molar-refractivity contribution >= 4 is 11.9 Å². The number of alkyl halides is 5. The van der Waals surface area contributed by atoms with E-state index in [0.29, 0.717) is 49.2 Å². The molecule has 41 heavy (non-hydrogen) atoms. The van der Waals surface area contributed by atoms with Crippen LogP contribution in [0.2, 0.25) is 0 Å². The number of esters is 1. The summed E-state index contributed by atoms with van der Waals surface area (Å²) in [4.78, 5) is 32.1. The summed E-state index contributed by atoms with van der Waals surface area (Å²) in [5.41, 5.74) is -0.480. The Morgan fingerprint density at radius 3 is 2.37 bits per heavy atom. The normalized spacial score (nSPS) is 20.7. The number of benzene rings is 1. The first kappa shape index (κ1) is 30.6. The average Bonchev–Trinajstić information content (AvgIpc) is 3.34. The number of piperidine rings is 1. The summed E-state index contributed by atoms with van der Waals surface area (Å²) in [6.07, 6.45) is -2.28. The molecule has 3 heterocycles. The molecular weight excluding hydrogens is 556 g/mol. The van der Waals surface area contributed by atoms with Gasteiger partial charge in [-0.2, -0.15) is 22.0 Å². The van der Waals surface area contributed by atoms with Crippen LogP contribution >= 0.6 is 0 Å². The minimum atomic E-state index is -5.57. The smallest absolute Gasteiger partial charge is 0.454 e. The Kier molecular flexibility index (Phi) is 8.86. The highest BCUT2D eigenvalue weighted by Crippen LogP contribution is 2.37. The Morgan fingerprint density at radius 2 is 1.78 bits per heavy atom. The van der Waals surface area contributed by atoms with Crippen LogP contribution in [0.15, 0.2) is 36.5 Å². The molecule has 0 aliphatic carbocycles. The highest BCUT2D eigenvalue weighted by Gasteiger charge is 2.58. The molecule has 0 spiro atoms. The van der Waals surface area contributed by atoms with Crippen molar-refractivity contribution in [2.45, 2.75) is 50.2 Å². The van der Waals surface area contributed by atoms with Crippen molar-refractivity contribution in [2.75, 3.05) is 39.9 Å². The van der Waals surface area contributed by atoms with Gasteiger partial charge in [0.1, 0.15) is 17.1 Å². The lowest BCUT2D eigenvalue weighted by atomic mass is 9.97. The largest absolute Gasteiger partial charge is 0.492 e. The molecule has 7 nitrogen and oxygen atoms in total. The maximum atomic E-state index is 15.0. The van der Waals surface area contributed by atoms with E-state index in [-0.39, 0.29) is 31.2 Å². The lowest BCUT2D eigenvalue weighted by Gasteiger charge is -2.34. The number of aromatic nitrogens is 1. The van der Waals surface area contributed by atoms with Gasteiger partial charge in [0.2, 0.25) is 0 Å². The molecule has 2 aliphatic heterocycles. The number of carbonyl (C=O) groups excluding carboxylic acids is 2. The molecule has 224 valence electrons. The number of ether oxygens (including phenoxy) is 2. The molecule has 1 atom stereocenters. The second-order valence-corrected chi connectivity index (χ2v) is 10.6. The van der Waals surface area contributed by atoms with Gasteiger partial charge in [-0.15, -0.1) is 0 Å². The summed E-state index contributed by atoms with van der Waals surface area (Å²) in [7, 11) is 1.24. The molecule has 0 N–H and O–H groups in total. The summed E-state index contributed by atoms with van der Waals surface area (Å²) in [6, 6.07) is 7.34. The second kappa shape index (κ2) is 11.9. The zero-order valence-electron chi connectivity index (χ0n) is 22.6. The van der Waals surface area contributed by atoms with E-state index < -0.39 is 41.9 Å². The van der Waals surface area contributed by atoms with Crippen molar-refractivity contribution < 1.29 is 45.4 Å². The van der Waals surface area contributed by atoms with Crippen LogP contribution in [-0.4, -0.2) is 84.2 Å². The summed E-state index contributed by atoms with van der Waals surface area (Å²) in [6.45, 7) is 1.03. The topological polar surface area (TPSA) is 72.0 Å². The van der Waals surface area contributed by atoms with Crippen LogP contribution in [-0.2, 0) is 9.53 Å². The van der Waals surface area contributed by atoms with Gasteiger partial charge in [0.25, 0.3) is 5.91 Å². The molecule has 1 unspecified atom stereocenters. The lowest BCUT2D eigenvalue weighted by molar-refractivity contribution is -0.287. The third kappa shape index (κ3) is 6.60. The van der Waals surface area contributed by atoms with E-state index >= 15 is 4.39 Å². The van der Waals surface area contributed by atoms with Crippen molar-refractivity contribution in [2.24, 2.45) is 5.92 Å². The van der Waals surface area contributed by atoms with E-state index in [1.165, 1.54) is 30.3 Å². The minimum absolute atomic E-state index is 0.0127. The van der Waals surface area contributed by atoms with Gasteiger partial charge in [0.15, 0.2) is 0 Å². The highest BCUT2D eigenvalue weighted by molar-refractivity contribution is 5.99. The molecular formula is C28H31F6N3O4. The zero-order chi connectivity index (χ0) is 30.0. The Morgan fingerprint density at radius 1 is 1.07 bits per heavy atom. The number of methoxy groups -OCH3 is 1. The van der Waals surface area contributed by atoms with Crippen LogP contribution in [0.4, 0.5) is 26.3 Å². The molecule has 4 rings (SSSR count). The van der Waals surface area contributed by atoms with E-state index in [9.17, 15) is 31.5 Å². The van der Waals surface area contributed by atoms with E-state index in [1.807, 2.05) is 0 Å². The van der Waals surface area contributed by atoms with Gasteiger partial charge >= 0.3 is 18.1 Å². The minimum Gasteiger partial charge on any atom is -0.492 e. The predicted molar refractivity (Wildman–Crippen MR) is 136 cm³/mol. The number of hydrogen-bond donors (Lipinski definition) is 0. The third-order valence-electron chi connectivity index (χ3n) is 7.77. The first-order valence-corrected chi connectivity index (χ1v) is 13.2. The Balaban J connectivity index is 1.32. The number of amides is 1. The monoisotopic (exact) mass is 587 g/mol. The molecule has 2 aromatic rings. The van der Waals surface area contributed by atoms with Crippen LogP contribution in [0.3, 0.4) is 0 Å². The Labute approximate surface area is 233 Å². The summed E-state index contributed by atoms with van der Waals surface area (Å²) < 4.78 is 89.6. The lowest BCUT2D eigenvalue weighted by Crippen LogP contribution is -2.51. The van der Waals surface area contributed by atoms with Crippen LogP contribution in [0.25, 0.3) is 11.3 Å². The number of carbonyl (C=O) groups is 2. The molecule has 13 heteroatoms. The molecule has 1 aromatic heterocycles. The van der Waals surface area contributed by atoms with Crippen LogP contribution in [0.1, 0.15) is 43.0 Å². The van der Waals surface area contributed by atoms with E-state index in [2.05, 4.69) is 4.98 Å². The number of hydrogen-bond acceptors (Lipinski definition) is 6. The van der Waals surface area contributed by atoms with Crippen molar-refractivity contribution in [1.82, 2.24) is 14.8 Å². The zero-order valence-corrected chi connectivity index (χ0v) is 22.6. The van der Waals surface area contributed by atoms with E-state index in [0.717, 1.165) is 4.90 Å². The number of rotatable bonds is 8. The fourth-order valence-electron chi connectivity index (χ4n) is 5.25. The maximum Gasteiger partial charge on any atom is 0.454 e. The molecule has 0 bridgehead atoms. The number of pyridine rings is 1. The number of nitrogens with zero attached hydrogens (tertiary/aromatic N) is 3. The molecule has 1 aromatic carbocycles. The number of halogens is 6. The van der Waals surface area contributed by atoms with Gasteiger partial charge in [0.05, 0.1) is 37.7 Å². The fraction of sp³-hybridized carbons (Fsp3) is 0.536. The van der Waals surface area contributed by atoms with Crippen molar-refractivity contribution in [3.63, 3.8) is 0 Å². The van der Waals surface area contributed by atoms with E-state index in [1.54, 1.807) is 25.1 Å². The van der Waals surface area contributed by atoms with Crippen LogP contribution < -0.4 is 4.74 Å². The predicted octanol–water partition coefficient (Wildman–Crippen LogP) is 5.34. The SMILES string of the molecule is COC(=O)C1(C)CCCN1C(=O)c1ccc(-c2ccc(OCC3CCN(CC(F)(F)C(F)(F)F)CC3)cn2)cc1F. The van der Waals surface area contributed by atoms with Crippen molar-refractivity contribution in [1.29, 1.82) is 0 Å². The summed E-state index contributed by atoms with van der Waals surface area (Å²) in [5.74, 6) is -6.25. The Hall–Kier alpha value is -3.35. The number of likely N-dealkylation sites (tertiary alicyclic amines) is 2. The molecule has 0 saturated carbocycles. The van der Waals surface area contributed by atoms with Gasteiger partial charge in [0, 0.05) is 12.1 Å². The van der Waals surface area contributed by atoms with Crippen LogP contribution in [0.5, 0.6) is 5.75 Å². The molecule has 1 amide bonds. The highest BCUT2D eigenvalue weighted by atomic mass is 19.4. The maximum absolute atomic E-state index is 15.0. The molecule has 0 radical (unpaired) electrons. The fourth-order valence-corrected chi connectivity index (χ4v) is 5.25. The summed E-state index contributed by atoms with van der Waals surface area (Å²) in [5, 5.41) is 0. The third-order valence-corrected chi connectivity index (χ3v) is 7.77. The van der Waals surface area contributed by atoms with Gasteiger partial charge in [-0.05, 0) is 75.9 Å². The first-order valence-electron chi connectivity index (χ1n) is 13.2. The van der Waals surface area contributed by atoms with E-state index in [4.69, 9.17) is 9.47 Å². The first-order chi connectivity index (χ1) is 19.2. The van der Waals surface area contributed by atoms with Gasteiger partial charge in [-0.25, -0.2) is 9.18 Å².